The van der Waals surface area contributed by atoms with E-state index in [1.54, 1.807) is 29.2 Å². The molecule has 1 unspecified atom stereocenters. The number of nitrogens with one attached hydrogen (secondary N) is 2. The highest BCUT2D eigenvalue weighted by atomic mass is 16.2. The van der Waals surface area contributed by atoms with E-state index in [1.807, 2.05) is 79.7 Å². The Balaban J connectivity index is 1.17. The molecule has 3 heterocycles. The molecule has 0 aliphatic carbocycles. The normalized spacial score (nSPS) is 17.8. The van der Waals surface area contributed by atoms with Crippen molar-refractivity contribution in [2.45, 2.75) is 31.8 Å². The molecular weight excluding hydrogens is 524 g/mol. The number of carbonyl (C=O) groups is 3. The zero-order valence-corrected chi connectivity index (χ0v) is 23.2. The first kappa shape index (κ1) is 25.8. The van der Waals surface area contributed by atoms with Crippen molar-refractivity contribution >= 4 is 34.4 Å². The third-order valence-electron chi connectivity index (χ3n) is 8.37. The molecule has 2 aliphatic rings. The monoisotopic (exact) mass is 554 g/mol. The zero-order valence-electron chi connectivity index (χ0n) is 23.2. The van der Waals surface area contributed by atoms with Gasteiger partial charge >= 0.3 is 6.03 Å². The average Bonchev–Trinajstić information content (AvgIpc) is 3.51. The number of anilines is 1. The SMILES string of the molecule is Cc1ccc(C2c3[nH]c4ccccc4c3C[C@H]3C(=O)N(c4ccc(C(=O)NCCc5ccccc5)cc4)C(=O)N23)cc1. The number of aromatic amines is 1. The van der Waals surface area contributed by atoms with Gasteiger partial charge < -0.3 is 10.3 Å². The average molecular weight is 555 g/mol. The summed E-state index contributed by atoms with van der Waals surface area (Å²) in [6.45, 7) is 2.54. The van der Waals surface area contributed by atoms with E-state index >= 15 is 0 Å². The second-order valence-electron chi connectivity index (χ2n) is 11.0. The summed E-state index contributed by atoms with van der Waals surface area (Å²) in [7, 11) is 0. The Morgan fingerprint density at radius 1 is 0.881 bits per heavy atom. The topological polar surface area (TPSA) is 85.5 Å². The predicted molar refractivity (Wildman–Crippen MR) is 162 cm³/mol. The number of hydrogen-bond acceptors (Lipinski definition) is 3. The second-order valence-corrected chi connectivity index (χ2v) is 11.0. The summed E-state index contributed by atoms with van der Waals surface area (Å²) in [4.78, 5) is 47.3. The van der Waals surface area contributed by atoms with Gasteiger partial charge in [0.25, 0.3) is 11.8 Å². The third-order valence-corrected chi connectivity index (χ3v) is 8.37. The van der Waals surface area contributed by atoms with Gasteiger partial charge in [-0.1, -0.05) is 78.4 Å². The molecule has 1 saturated heterocycles. The van der Waals surface area contributed by atoms with Crippen molar-refractivity contribution < 1.29 is 14.4 Å². The molecule has 7 nitrogen and oxygen atoms in total. The molecule has 2 atom stereocenters. The molecule has 0 radical (unpaired) electrons. The lowest BCUT2D eigenvalue weighted by molar-refractivity contribution is -0.120. The van der Waals surface area contributed by atoms with Crippen molar-refractivity contribution in [2.75, 3.05) is 11.4 Å². The van der Waals surface area contributed by atoms with E-state index in [2.05, 4.69) is 16.4 Å². The van der Waals surface area contributed by atoms with E-state index in [0.717, 1.165) is 45.3 Å². The summed E-state index contributed by atoms with van der Waals surface area (Å²) in [6, 6.07) is 31.4. The predicted octanol–water partition coefficient (Wildman–Crippen LogP) is 5.93. The molecule has 2 aliphatic heterocycles. The molecule has 7 heteroatoms. The van der Waals surface area contributed by atoms with Crippen LogP contribution >= 0.6 is 0 Å². The molecule has 1 aromatic heterocycles. The van der Waals surface area contributed by atoms with Crippen LogP contribution < -0.4 is 10.2 Å². The van der Waals surface area contributed by atoms with E-state index in [-0.39, 0.29) is 17.8 Å². The fourth-order valence-corrected chi connectivity index (χ4v) is 6.24. The van der Waals surface area contributed by atoms with Crippen molar-refractivity contribution in [2.24, 2.45) is 0 Å². The highest BCUT2D eigenvalue weighted by molar-refractivity contribution is 6.22. The minimum atomic E-state index is -0.628. The lowest BCUT2D eigenvalue weighted by Crippen LogP contribution is -2.44. The van der Waals surface area contributed by atoms with Gasteiger partial charge in [-0.25, -0.2) is 9.69 Å². The van der Waals surface area contributed by atoms with Crippen LogP contribution in [0, 0.1) is 6.92 Å². The van der Waals surface area contributed by atoms with Gasteiger partial charge in [0.05, 0.1) is 5.69 Å². The fourth-order valence-electron chi connectivity index (χ4n) is 6.24. The van der Waals surface area contributed by atoms with Crippen molar-refractivity contribution in [1.82, 2.24) is 15.2 Å². The van der Waals surface area contributed by atoms with Gasteiger partial charge in [0.15, 0.2) is 0 Å². The molecule has 0 spiro atoms. The standard InChI is InChI=1S/C35H30N4O3/c1-22-11-13-24(14-12-22)32-31-28(27-9-5-6-10-29(27)37-31)21-30-34(41)38(35(42)39(30)32)26-17-15-25(16-18-26)33(40)36-20-19-23-7-3-2-4-8-23/h2-18,30,32,37H,19-21H2,1H3,(H,36,40)/t30-,32?/m0/s1. The number of aryl methyl sites for hydroxylation is 1. The number of urea groups is 1. The van der Waals surface area contributed by atoms with E-state index < -0.39 is 12.1 Å². The van der Waals surface area contributed by atoms with Crippen LogP contribution in [0.25, 0.3) is 10.9 Å². The summed E-state index contributed by atoms with van der Waals surface area (Å²) in [5.74, 6) is -0.452. The number of H-pyrrole nitrogens is 1. The number of hydrogen-bond donors (Lipinski definition) is 2. The molecule has 2 N–H and O–H groups in total. The number of benzene rings is 4. The zero-order chi connectivity index (χ0) is 28.8. The van der Waals surface area contributed by atoms with Crippen LogP contribution in [-0.4, -0.2) is 40.3 Å². The van der Waals surface area contributed by atoms with Crippen LogP contribution in [0.2, 0.25) is 0 Å². The Labute approximate surface area is 243 Å². The van der Waals surface area contributed by atoms with E-state index in [1.165, 1.54) is 4.90 Å². The summed E-state index contributed by atoms with van der Waals surface area (Å²) >= 11 is 0. The fraction of sp³-hybridized carbons (Fsp3) is 0.171. The molecular formula is C35H30N4O3. The lowest BCUT2D eigenvalue weighted by Gasteiger charge is -2.36. The number of nitrogens with zero attached hydrogens (tertiary/aromatic N) is 2. The van der Waals surface area contributed by atoms with Gasteiger partial charge in [0.2, 0.25) is 0 Å². The minimum absolute atomic E-state index is 0.196. The number of para-hydroxylation sites is 1. The Hall–Kier alpha value is -5.17. The van der Waals surface area contributed by atoms with Gasteiger partial charge in [-0.3, -0.25) is 14.5 Å². The Bertz CT molecular complexity index is 1810. The first-order valence-electron chi connectivity index (χ1n) is 14.2. The van der Waals surface area contributed by atoms with Gasteiger partial charge in [0, 0.05) is 35.1 Å². The maximum atomic E-state index is 14.1. The summed E-state index contributed by atoms with van der Waals surface area (Å²) in [5, 5.41) is 4.02. The van der Waals surface area contributed by atoms with E-state index in [4.69, 9.17) is 0 Å². The van der Waals surface area contributed by atoms with Crippen molar-refractivity contribution in [1.29, 1.82) is 0 Å². The Morgan fingerprint density at radius 2 is 1.60 bits per heavy atom. The Morgan fingerprint density at radius 3 is 2.36 bits per heavy atom. The van der Waals surface area contributed by atoms with Crippen LogP contribution in [0.3, 0.4) is 0 Å². The van der Waals surface area contributed by atoms with Gasteiger partial charge in [0.1, 0.15) is 12.1 Å². The molecule has 5 aromatic rings. The lowest BCUT2D eigenvalue weighted by atomic mass is 9.88. The number of amides is 4. The van der Waals surface area contributed by atoms with Crippen LogP contribution in [-0.2, 0) is 17.6 Å². The smallest absolute Gasteiger partial charge is 0.332 e. The number of fused-ring (bicyclic) bond motifs is 4. The van der Waals surface area contributed by atoms with E-state index in [0.29, 0.717) is 24.2 Å². The van der Waals surface area contributed by atoms with Crippen LogP contribution in [0.5, 0.6) is 0 Å². The maximum Gasteiger partial charge on any atom is 0.332 e. The third kappa shape index (κ3) is 4.34. The summed E-state index contributed by atoms with van der Waals surface area (Å²) in [5.41, 5.74) is 7.17. The second kappa shape index (κ2) is 10.3. The largest absolute Gasteiger partial charge is 0.356 e. The van der Waals surface area contributed by atoms with Crippen LogP contribution in [0.4, 0.5) is 10.5 Å². The van der Waals surface area contributed by atoms with Crippen LogP contribution in [0.15, 0.2) is 103 Å². The molecule has 0 bridgehead atoms. The molecule has 4 aromatic carbocycles. The molecule has 42 heavy (non-hydrogen) atoms. The van der Waals surface area contributed by atoms with Crippen molar-refractivity contribution in [3.05, 3.63) is 137 Å². The molecule has 208 valence electrons. The van der Waals surface area contributed by atoms with Gasteiger partial charge in [-0.15, -0.1) is 0 Å². The quantitative estimate of drug-likeness (QED) is 0.255. The summed E-state index contributed by atoms with van der Waals surface area (Å²) in [6.07, 6.45) is 1.17. The van der Waals surface area contributed by atoms with Crippen molar-refractivity contribution in [3.8, 4) is 0 Å². The first-order valence-corrected chi connectivity index (χ1v) is 14.2. The summed E-state index contributed by atoms with van der Waals surface area (Å²) < 4.78 is 0. The first-order chi connectivity index (χ1) is 20.5. The molecule has 0 saturated carbocycles. The van der Waals surface area contributed by atoms with E-state index in [9.17, 15) is 14.4 Å². The molecule has 4 amide bonds. The molecule has 1 fully saturated rings. The van der Waals surface area contributed by atoms with Gasteiger partial charge in [-0.2, -0.15) is 0 Å². The highest BCUT2D eigenvalue weighted by Gasteiger charge is 2.53. The number of aromatic nitrogens is 1. The Kier molecular flexibility index (Phi) is 6.35. The van der Waals surface area contributed by atoms with Crippen molar-refractivity contribution in [3.63, 3.8) is 0 Å². The van der Waals surface area contributed by atoms with Crippen LogP contribution in [0.1, 0.15) is 44.3 Å². The minimum Gasteiger partial charge on any atom is -0.356 e. The number of rotatable bonds is 6. The van der Waals surface area contributed by atoms with Gasteiger partial charge in [-0.05, 0) is 60.4 Å². The maximum absolute atomic E-state index is 14.1. The number of carbonyl (C=O) groups excluding carboxylic acids is 3. The number of imide groups is 1. The highest BCUT2D eigenvalue weighted by Crippen LogP contribution is 2.44. The molecule has 7 rings (SSSR count).